The molecule has 0 aliphatic carbocycles. The number of benzene rings is 1. The fourth-order valence-corrected chi connectivity index (χ4v) is 1.65. The number of nitrogens with zero attached hydrogens (tertiary/aromatic N) is 2. The minimum absolute atomic E-state index is 0.0695. The third-order valence-corrected chi connectivity index (χ3v) is 2.54. The summed E-state index contributed by atoms with van der Waals surface area (Å²) in [6.07, 6.45) is 3.77. The molecule has 0 saturated carbocycles. The Morgan fingerprint density at radius 3 is 2.82 bits per heavy atom. The first-order chi connectivity index (χ1) is 8.19. The van der Waals surface area contributed by atoms with Crippen molar-refractivity contribution in [2.24, 2.45) is 0 Å². The molecule has 89 valence electrons. The fourth-order valence-electron chi connectivity index (χ4n) is 1.65. The minimum Gasteiger partial charge on any atom is -0.497 e. The lowest BCUT2D eigenvalue weighted by atomic mass is 10.1. The smallest absolute Gasteiger partial charge is 0.182 e. The Bertz CT molecular complexity index is 443. The molecule has 2 rings (SSSR count). The standard InChI is InChI=1S/C13H15N2O2/c1-14-6-7-15(10-14)9-13(16)11-4-3-5-12(8-11)17-2/h3-8,10H,9H2,1-2H3. The molecule has 1 aliphatic heterocycles. The molecule has 0 saturated heterocycles. The molecule has 17 heavy (non-hydrogen) atoms. The Balaban J connectivity index is 2.02. The molecule has 0 bridgehead atoms. The van der Waals surface area contributed by atoms with Crippen LogP contribution in [-0.4, -0.2) is 36.3 Å². The molecule has 1 aromatic carbocycles. The fraction of sp³-hybridized carbons (Fsp3) is 0.231. The Kier molecular flexibility index (Phi) is 3.32. The van der Waals surface area contributed by atoms with Gasteiger partial charge in [-0.15, -0.1) is 0 Å². The number of hydrogen-bond acceptors (Lipinski definition) is 4. The van der Waals surface area contributed by atoms with Crippen LogP contribution in [0.3, 0.4) is 0 Å². The van der Waals surface area contributed by atoms with Crippen LogP contribution in [0.15, 0.2) is 36.7 Å². The van der Waals surface area contributed by atoms with Gasteiger partial charge in [0.15, 0.2) is 5.78 Å². The van der Waals surface area contributed by atoms with E-state index in [1.807, 2.05) is 48.0 Å². The van der Waals surface area contributed by atoms with Gasteiger partial charge in [0, 0.05) is 25.0 Å². The van der Waals surface area contributed by atoms with Gasteiger partial charge in [-0.25, -0.2) is 0 Å². The molecule has 4 nitrogen and oxygen atoms in total. The van der Waals surface area contributed by atoms with E-state index in [0.717, 1.165) is 0 Å². The Morgan fingerprint density at radius 1 is 1.35 bits per heavy atom. The summed E-state index contributed by atoms with van der Waals surface area (Å²) in [4.78, 5) is 15.8. The predicted molar refractivity (Wildman–Crippen MR) is 65.2 cm³/mol. The van der Waals surface area contributed by atoms with Gasteiger partial charge in [-0.05, 0) is 12.1 Å². The van der Waals surface area contributed by atoms with E-state index < -0.39 is 0 Å². The lowest BCUT2D eigenvalue weighted by Crippen LogP contribution is -2.23. The Hall–Kier alpha value is -1.97. The zero-order valence-corrected chi connectivity index (χ0v) is 9.96. The maximum Gasteiger partial charge on any atom is 0.182 e. The third-order valence-electron chi connectivity index (χ3n) is 2.54. The van der Waals surface area contributed by atoms with Crippen molar-refractivity contribution in [2.45, 2.75) is 0 Å². The zero-order valence-electron chi connectivity index (χ0n) is 9.96. The number of carbonyl (C=O) groups excluding carboxylic acids is 1. The number of carbonyl (C=O) groups is 1. The topological polar surface area (TPSA) is 32.8 Å². The molecule has 0 fully saturated rings. The monoisotopic (exact) mass is 231 g/mol. The Morgan fingerprint density at radius 2 is 2.18 bits per heavy atom. The van der Waals surface area contributed by atoms with E-state index >= 15 is 0 Å². The molecule has 1 aliphatic rings. The second-order valence-electron chi connectivity index (χ2n) is 3.91. The van der Waals surface area contributed by atoms with E-state index in [1.165, 1.54) is 0 Å². The summed E-state index contributed by atoms with van der Waals surface area (Å²) in [5.74, 6) is 0.772. The summed E-state index contributed by atoms with van der Waals surface area (Å²) in [5, 5.41) is 0. The van der Waals surface area contributed by atoms with Crippen molar-refractivity contribution in [1.82, 2.24) is 9.80 Å². The second kappa shape index (κ2) is 4.91. The molecule has 0 aromatic heterocycles. The first-order valence-corrected chi connectivity index (χ1v) is 5.37. The highest BCUT2D eigenvalue weighted by Gasteiger charge is 2.15. The maximum absolute atomic E-state index is 12.0. The summed E-state index contributed by atoms with van der Waals surface area (Å²) in [6, 6.07) is 7.20. The lowest BCUT2D eigenvalue weighted by Gasteiger charge is -2.16. The van der Waals surface area contributed by atoms with E-state index in [2.05, 4.69) is 0 Å². The van der Waals surface area contributed by atoms with Gasteiger partial charge in [-0.2, -0.15) is 0 Å². The maximum atomic E-state index is 12.0. The van der Waals surface area contributed by atoms with Crippen molar-refractivity contribution < 1.29 is 9.53 Å². The van der Waals surface area contributed by atoms with Gasteiger partial charge < -0.3 is 14.5 Å². The van der Waals surface area contributed by atoms with E-state index in [9.17, 15) is 4.79 Å². The van der Waals surface area contributed by atoms with Crippen LogP contribution in [0.1, 0.15) is 10.4 Å². The zero-order chi connectivity index (χ0) is 12.3. The van der Waals surface area contributed by atoms with Crippen molar-refractivity contribution in [2.75, 3.05) is 20.7 Å². The number of methoxy groups -OCH3 is 1. The second-order valence-corrected chi connectivity index (χ2v) is 3.91. The van der Waals surface area contributed by atoms with Crippen molar-refractivity contribution in [3.63, 3.8) is 0 Å². The van der Waals surface area contributed by atoms with Crippen LogP contribution in [-0.2, 0) is 0 Å². The average Bonchev–Trinajstić information content (AvgIpc) is 2.75. The van der Waals surface area contributed by atoms with E-state index in [4.69, 9.17) is 4.74 Å². The van der Waals surface area contributed by atoms with Gasteiger partial charge >= 0.3 is 0 Å². The minimum atomic E-state index is 0.0695. The molecule has 1 aromatic rings. The summed E-state index contributed by atoms with van der Waals surface area (Å²) in [7, 11) is 3.52. The molecule has 1 radical (unpaired) electrons. The number of Topliss-reactive ketones (excluding diaryl/α,β-unsaturated/α-hetero) is 1. The van der Waals surface area contributed by atoms with E-state index in [-0.39, 0.29) is 5.78 Å². The highest BCUT2D eigenvalue weighted by atomic mass is 16.5. The molecule has 4 heteroatoms. The van der Waals surface area contributed by atoms with Gasteiger partial charge in [-0.1, -0.05) is 12.1 Å². The SMILES string of the molecule is COc1cccc(C(=O)CN2[CH]N(C)C=C2)c1. The van der Waals surface area contributed by atoms with Gasteiger partial charge in [0.1, 0.15) is 12.4 Å². The highest BCUT2D eigenvalue weighted by Crippen LogP contribution is 2.15. The molecular weight excluding hydrogens is 216 g/mol. The van der Waals surface area contributed by atoms with E-state index in [1.54, 1.807) is 19.2 Å². The summed E-state index contributed by atoms with van der Waals surface area (Å²) >= 11 is 0. The molecular formula is C13H15N2O2. The largest absolute Gasteiger partial charge is 0.497 e. The Labute approximate surface area is 101 Å². The van der Waals surface area contributed by atoms with Crippen LogP contribution >= 0.6 is 0 Å². The molecule has 0 amide bonds. The third kappa shape index (κ3) is 2.78. The lowest BCUT2D eigenvalue weighted by molar-refractivity contribution is 0.0961. The highest BCUT2D eigenvalue weighted by molar-refractivity contribution is 5.98. The molecule has 1 heterocycles. The van der Waals surface area contributed by atoms with Crippen LogP contribution in [0.5, 0.6) is 5.75 Å². The quantitative estimate of drug-likeness (QED) is 0.739. The van der Waals surface area contributed by atoms with Crippen LogP contribution in [0.2, 0.25) is 0 Å². The van der Waals surface area contributed by atoms with Crippen molar-refractivity contribution >= 4 is 5.78 Å². The molecule has 0 N–H and O–H groups in total. The average molecular weight is 231 g/mol. The van der Waals surface area contributed by atoms with Crippen LogP contribution < -0.4 is 4.74 Å². The first-order valence-electron chi connectivity index (χ1n) is 5.37. The van der Waals surface area contributed by atoms with Crippen LogP contribution in [0, 0.1) is 6.67 Å². The van der Waals surface area contributed by atoms with E-state index in [0.29, 0.717) is 17.9 Å². The molecule has 0 unspecified atom stereocenters. The van der Waals surface area contributed by atoms with Crippen LogP contribution in [0.25, 0.3) is 0 Å². The van der Waals surface area contributed by atoms with Crippen LogP contribution in [0.4, 0.5) is 0 Å². The first kappa shape index (κ1) is 11.5. The number of ketones is 1. The number of ether oxygens (including phenoxy) is 1. The predicted octanol–water partition coefficient (Wildman–Crippen LogP) is 1.72. The van der Waals surface area contributed by atoms with Crippen molar-refractivity contribution in [3.8, 4) is 5.75 Å². The van der Waals surface area contributed by atoms with Gasteiger partial charge in [0.25, 0.3) is 0 Å². The van der Waals surface area contributed by atoms with Gasteiger partial charge in [0.2, 0.25) is 0 Å². The number of rotatable bonds is 4. The summed E-state index contributed by atoms with van der Waals surface area (Å²) in [5.41, 5.74) is 0.667. The summed E-state index contributed by atoms with van der Waals surface area (Å²) in [6.45, 7) is 2.21. The van der Waals surface area contributed by atoms with Crippen molar-refractivity contribution in [1.29, 1.82) is 0 Å². The summed E-state index contributed by atoms with van der Waals surface area (Å²) < 4.78 is 5.10. The van der Waals surface area contributed by atoms with Crippen molar-refractivity contribution in [3.05, 3.63) is 48.9 Å². The van der Waals surface area contributed by atoms with Gasteiger partial charge in [-0.3, -0.25) is 4.79 Å². The molecule has 0 spiro atoms. The number of hydrogen-bond donors (Lipinski definition) is 0. The molecule has 0 atom stereocenters. The van der Waals surface area contributed by atoms with Gasteiger partial charge in [0.05, 0.1) is 13.7 Å². The normalized spacial score (nSPS) is 14.2.